The van der Waals surface area contributed by atoms with Gasteiger partial charge in [-0.15, -0.1) is 0 Å². The van der Waals surface area contributed by atoms with Crippen LogP contribution in [-0.4, -0.2) is 52.8 Å². The van der Waals surface area contributed by atoms with Crippen molar-refractivity contribution in [3.05, 3.63) is 29.8 Å². The van der Waals surface area contributed by atoms with Crippen molar-refractivity contribution in [1.82, 2.24) is 16.0 Å². The number of hydrogen-bond acceptors (Lipinski definition) is 5. The molecule has 1 aromatic carbocycles. The summed E-state index contributed by atoms with van der Waals surface area (Å²) in [5.41, 5.74) is 0.443. The number of nitrogens with zero attached hydrogens (tertiary/aromatic N) is 1. The molecule has 0 saturated heterocycles. The maximum absolute atomic E-state index is 11.5. The second-order valence-corrected chi connectivity index (χ2v) is 8.35. The molecule has 27 heavy (non-hydrogen) atoms. The molecule has 10 heteroatoms. The van der Waals surface area contributed by atoms with Crippen molar-refractivity contribution in [2.45, 2.75) is 37.7 Å². The number of benzene rings is 1. The van der Waals surface area contributed by atoms with E-state index in [1.807, 2.05) is 0 Å². The third kappa shape index (κ3) is 9.80. The SMILES string of the molecule is CN=C(NCCNC(=O)OC(C)(C)C)NCCc1ccc(S(N)(=O)=O)cc1. The van der Waals surface area contributed by atoms with E-state index >= 15 is 0 Å². The van der Waals surface area contributed by atoms with E-state index in [-0.39, 0.29) is 4.90 Å². The van der Waals surface area contributed by atoms with Crippen molar-refractivity contribution in [2.24, 2.45) is 10.1 Å². The van der Waals surface area contributed by atoms with E-state index in [9.17, 15) is 13.2 Å². The number of primary sulfonamides is 1. The first-order valence-corrected chi connectivity index (χ1v) is 10.1. The number of hydrogen-bond donors (Lipinski definition) is 4. The summed E-state index contributed by atoms with van der Waals surface area (Å²) in [5, 5.41) is 13.9. The lowest BCUT2D eigenvalue weighted by Crippen LogP contribution is -2.42. The highest BCUT2D eigenvalue weighted by atomic mass is 32.2. The molecule has 0 spiro atoms. The smallest absolute Gasteiger partial charge is 0.407 e. The van der Waals surface area contributed by atoms with Gasteiger partial charge in [-0.1, -0.05) is 12.1 Å². The Bertz CT molecular complexity index is 740. The summed E-state index contributed by atoms with van der Waals surface area (Å²) < 4.78 is 27.6. The Kier molecular flexibility index (Phi) is 8.51. The van der Waals surface area contributed by atoms with Gasteiger partial charge in [0.25, 0.3) is 0 Å². The van der Waals surface area contributed by atoms with Crippen LogP contribution in [0.5, 0.6) is 0 Å². The molecule has 0 aliphatic rings. The van der Waals surface area contributed by atoms with Crippen LogP contribution in [0.4, 0.5) is 4.79 Å². The van der Waals surface area contributed by atoms with E-state index in [1.54, 1.807) is 40.0 Å². The lowest BCUT2D eigenvalue weighted by atomic mass is 10.1. The molecule has 0 bridgehead atoms. The summed E-state index contributed by atoms with van der Waals surface area (Å²) in [7, 11) is -2.02. The topological polar surface area (TPSA) is 135 Å². The second-order valence-electron chi connectivity index (χ2n) is 6.79. The van der Waals surface area contributed by atoms with Crippen LogP contribution in [0.1, 0.15) is 26.3 Å². The van der Waals surface area contributed by atoms with Gasteiger partial charge in [-0.25, -0.2) is 18.4 Å². The fourth-order valence-corrected chi connectivity index (χ4v) is 2.57. The average Bonchev–Trinajstić information content (AvgIpc) is 2.55. The zero-order valence-corrected chi connectivity index (χ0v) is 17.0. The van der Waals surface area contributed by atoms with Crippen molar-refractivity contribution >= 4 is 22.1 Å². The Labute approximate surface area is 160 Å². The number of aliphatic imine (C=N–C) groups is 1. The first-order valence-electron chi connectivity index (χ1n) is 8.54. The molecule has 1 amide bonds. The summed E-state index contributed by atoms with van der Waals surface area (Å²) in [5.74, 6) is 0.599. The molecule has 9 nitrogen and oxygen atoms in total. The van der Waals surface area contributed by atoms with Crippen LogP contribution >= 0.6 is 0 Å². The van der Waals surface area contributed by atoms with Crippen LogP contribution in [0.2, 0.25) is 0 Å². The van der Waals surface area contributed by atoms with E-state index in [4.69, 9.17) is 9.88 Å². The number of amides is 1. The van der Waals surface area contributed by atoms with Crippen molar-refractivity contribution in [3.8, 4) is 0 Å². The predicted molar refractivity (Wildman–Crippen MR) is 105 cm³/mol. The summed E-state index contributed by atoms with van der Waals surface area (Å²) in [6.45, 7) is 6.90. The molecule has 5 N–H and O–H groups in total. The number of sulfonamides is 1. The predicted octanol–water partition coefficient (Wildman–Crippen LogP) is 0.566. The van der Waals surface area contributed by atoms with Crippen LogP contribution < -0.4 is 21.1 Å². The van der Waals surface area contributed by atoms with Crippen LogP contribution in [-0.2, 0) is 21.2 Å². The lowest BCUT2D eigenvalue weighted by molar-refractivity contribution is 0.0529. The number of alkyl carbamates (subject to hydrolysis) is 1. The molecule has 0 unspecified atom stereocenters. The van der Waals surface area contributed by atoms with Crippen molar-refractivity contribution in [1.29, 1.82) is 0 Å². The maximum atomic E-state index is 11.5. The van der Waals surface area contributed by atoms with Gasteiger partial charge in [-0.2, -0.15) is 0 Å². The van der Waals surface area contributed by atoms with E-state index in [0.29, 0.717) is 32.0 Å². The number of ether oxygens (including phenoxy) is 1. The van der Waals surface area contributed by atoms with Crippen LogP contribution in [0.15, 0.2) is 34.2 Å². The maximum Gasteiger partial charge on any atom is 0.407 e. The van der Waals surface area contributed by atoms with E-state index in [2.05, 4.69) is 20.9 Å². The highest BCUT2D eigenvalue weighted by molar-refractivity contribution is 7.89. The van der Waals surface area contributed by atoms with Crippen molar-refractivity contribution in [2.75, 3.05) is 26.7 Å². The fourth-order valence-electron chi connectivity index (χ4n) is 2.05. The molecule has 0 atom stereocenters. The molecule has 0 saturated carbocycles. The quantitative estimate of drug-likeness (QED) is 0.301. The van der Waals surface area contributed by atoms with Crippen LogP contribution in [0.25, 0.3) is 0 Å². The summed E-state index contributed by atoms with van der Waals surface area (Å²) in [6, 6.07) is 6.42. The molecular formula is C17H29N5O4S. The third-order valence-electron chi connectivity index (χ3n) is 3.27. The molecule has 152 valence electrons. The zero-order chi connectivity index (χ0) is 20.5. The Morgan fingerprint density at radius 1 is 1.07 bits per heavy atom. The van der Waals surface area contributed by atoms with Gasteiger partial charge < -0.3 is 20.7 Å². The largest absolute Gasteiger partial charge is 0.444 e. The number of nitrogens with one attached hydrogen (secondary N) is 3. The average molecular weight is 400 g/mol. The highest BCUT2D eigenvalue weighted by Crippen LogP contribution is 2.09. The van der Waals surface area contributed by atoms with Crippen molar-refractivity contribution in [3.63, 3.8) is 0 Å². The first-order chi connectivity index (χ1) is 12.5. The molecule has 0 heterocycles. The van der Waals surface area contributed by atoms with E-state index in [1.165, 1.54) is 12.1 Å². The molecule has 0 aliphatic heterocycles. The van der Waals surface area contributed by atoms with Gasteiger partial charge in [-0.05, 0) is 44.9 Å². The standard InChI is InChI=1S/C17H29N5O4S/c1-17(2,3)26-16(23)22-12-11-21-15(19-4)20-10-9-13-5-7-14(8-6-13)27(18,24)25/h5-8H,9-12H2,1-4H3,(H,22,23)(H2,18,24,25)(H2,19,20,21). The summed E-state index contributed by atoms with van der Waals surface area (Å²) >= 11 is 0. The minimum atomic E-state index is -3.67. The minimum absolute atomic E-state index is 0.0918. The van der Waals surface area contributed by atoms with Gasteiger partial charge in [0.2, 0.25) is 10.0 Å². The summed E-state index contributed by atoms with van der Waals surface area (Å²) in [6.07, 6.45) is 0.220. The van der Waals surface area contributed by atoms with Gasteiger partial charge in [-0.3, -0.25) is 4.99 Å². The molecule has 1 aromatic rings. The van der Waals surface area contributed by atoms with Gasteiger partial charge in [0, 0.05) is 26.7 Å². The molecule has 0 aliphatic carbocycles. The molecule has 0 aromatic heterocycles. The Hall–Kier alpha value is -2.33. The molecular weight excluding hydrogens is 370 g/mol. The van der Waals surface area contributed by atoms with E-state index < -0.39 is 21.7 Å². The van der Waals surface area contributed by atoms with Crippen molar-refractivity contribution < 1.29 is 17.9 Å². The molecule has 1 rings (SSSR count). The molecule has 0 radical (unpaired) electrons. The monoisotopic (exact) mass is 399 g/mol. The van der Waals surface area contributed by atoms with Gasteiger partial charge in [0.15, 0.2) is 5.96 Å². The summed E-state index contributed by atoms with van der Waals surface area (Å²) in [4.78, 5) is 15.7. The van der Waals surface area contributed by atoms with Crippen LogP contribution in [0.3, 0.4) is 0 Å². The Balaban J connectivity index is 2.29. The van der Waals surface area contributed by atoms with Gasteiger partial charge >= 0.3 is 6.09 Å². The van der Waals surface area contributed by atoms with Gasteiger partial charge in [0.05, 0.1) is 4.90 Å². The number of carbonyl (C=O) groups is 1. The van der Waals surface area contributed by atoms with Crippen LogP contribution in [0, 0.1) is 0 Å². The highest BCUT2D eigenvalue weighted by Gasteiger charge is 2.15. The Morgan fingerprint density at radius 3 is 2.15 bits per heavy atom. The van der Waals surface area contributed by atoms with E-state index in [0.717, 1.165) is 5.56 Å². The molecule has 0 fully saturated rings. The fraction of sp³-hybridized carbons (Fsp3) is 0.529. The number of rotatable bonds is 7. The number of guanidine groups is 1. The second kappa shape index (κ2) is 10.1. The zero-order valence-electron chi connectivity index (χ0n) is 16.2. The number of nitrogens with two attached hydrogens (primary N) is 1. The Morgan fingerprint density at radius 2 is 1.63 bits per heavy atom. The number of carbonyl (C=O) groups excluding carboxylic acids is 1. The first kappa shape index (κ1) is 22.7. The lowest BCUT2D eigenvalue weighted by Gasteiger charge is -2.19. The third-order valence-corrected chi connectivity index (χ3v) is 4.20. The van der Waals surface area contributed by atoms with Gasteiger partial charge in [0.1, 0.15) is 5.60 Å². The normalized spacial score (nSPS) is 12.4. The minimum Gasteiger partial charge on any atom is -0.444 e.